The molecule has 0 aromatic heterocycles. The van der Waals surface area contributed by atoms with E-state index < -0.39 is 24.3 Å². The van der Waals surface area contributed by atoms with Crippen LogP contribution < -0.4 is 21.1 Å². The predicted octanol–water partition coefficient (Wildman–Crippen LogP) is 3.45. The molecule has 5 N–H and O–H groups in total. The highest BCUT2D eigenvalue weighted by atomic mass is 32.2. The summed E-state index contributed by atoms with van der Waals surface area (Å²) in [5.41, 5.74) is 8.29. The molecule has 0 aliphatic heterocycles. The first-order valence-corrected chi connectivity index (χ1v) is 14.0. The number of carbonyl (C=O) groups excluding carboxylic acids is 1. The number of rotatable bonds is 9. The van der Waals surface area contributed by atoms with Gasteiger partial charge in [0.2, 0.25) is 15.9 Å². The Labute approximate surface area is 193 Å². The van der Waals surface area contributed by atoms with Crippen molar-refractivity contribution >= 4 is 42.0 Å². The lowest BCUT2D eigenvalue weighted by Crippen LogP contribution is -2.34. The third-order valence-electron chi connectivity index (χ3n) is 5.21. The number of sulfonamides is 1. The van der Waals surface area contributed by atoms with E-state index in [2.05, 4.69) is 42.7 Å². The Hall–Kier alpha value is -2.30. The zero-order valence-corrected chi connectivity index (χ0v) is 21.5. The van der Waals surface area contributed by atoms with E-state index in [1.807, 2.05) is 0 Å². The normalized spacial score (nSPS) is 18.6. The maximum Gasteiger partial charge on any atom is 0.475 e. The second-order valence-electron chi connectivity index (χ2n) is 9.02. The first kappa shape index (κ1) is 26.0. The summed E-state index contributed by atoms with van der Waals surface area (Å²) in [5, 5.41) is 5.32. The smallest absolute Gasteiger partial charge is 0.397 e. The largest absolute Gasteiger partial charge is 0.475 e. The minimum absolute atomic E-state index is 0.175. The maximum absolute atomic E-state index is 12.9. The van der Waals surface area contributed by atoms with Crippen LogP contribution in [0.2, 0.25) is 11.6 Å². The summed E-state index contributed by atoms with van der Waals surface area (Å²) in [5.74, 6) is -0.510. The lowest BCUT2D eigenvalue weighted by atomic mass is 10.0. The molecule has 0 radical (unpaired) electrons. The molecule has 176 valence electrons. The summed E-state index contributed by atoms with van der Waals surface area (Å²) in [6.45, 7) is 13.1. The van der Waals surface area contributed by atoms with Crippen LogP contribution in [0, 0.1) is 5.92 Å². The van der Waals surface area contributed by atoms with Crippen LogP contribution in [0.3, 0.4) is 0 Å². The van der Waals surface area contributed by atoms with Crippen LogP contribution in [0.5, 0.6) is 0 Å². The molecule has 32 heavy (non-hydrogen) atoms. The van der Waals surface area contributed by atoms with E-state index in [9.17, 15) is 13.2 Å². The molecule has 0 heterocycles. The molecule has 2 unspecified atom stereocenters. The minimum atomic E-state index is -3.70. The van der Waals surface area contributed by atoms with E-state index in [0.717, 1.165) is 5.69 Å². The van der Waals surface area contributed by atoms with Gasteiger partial charge in [-0.1, -0.05) is 19.1 Å². The molecule has 1 aliphatic carbocycles. The third-order valence-corrected chi connectivity index (χ3v) is 9.78. The van der Waals surface area contributed by atoms with Crippen molar-refractivity contribution in [3.8, 4) is 0 Å². The van der Waals surface area contributed by atoms with Crippen LogP contribution in [0.4, 0.5) is 17.1 Å². The quantitative estimate of drug-likeness (QED) is 0.244. The van der Waals surface area contributed by atoms with E-state index in [-0.39, 0.29) is 16.9 Å². The van der Waals surface area contributed by atoms with Crippen molar-refractivity contribution in [3.63, 3.8) is 0 Å². The highest BCUT2D eigenvalue weighted by Crippen LogP contribution is 2.28. The first-order valence-electron chi connectivity index (χ1n) is 10.6. The molecule has 1 amide bonds. The molecule has 8 nitrogen and oxygen atoms in total. The topological polar surface area (TPSA) is 123 Å². The van der Waals surface area contributed by atoms with Gasteiger partial charge in [0.1, 0.15) is 16.9 Å². The standard InChI is InChI=1S/C22H34N4O4SSi/c1-15-13-17(25-16(2)27)8-10-21(15)31(28,29)26-18-7-9-20(19(23)14-18)24-11-12-30-32(6)22(3,4)5/h7-10,13-15,21,24,26H,11-12,23H2,1-6H3/p+1. The van der Waals surface area contributed by atoms with Gasteiger partial charge >= 0.3 is 9.04 Å². The number of hydrogen-bond acceptors (Lipinski definition) is 6. The average molecular weight is 480 g/mol. The van der Waals surface area contributed by atoms with Gasteiger partial charge in [-0.15, -0.1) is 0 Å². The van der Waals surface area contributed by atoms with Gasteiger partial charge in [-0.2, -0.15) is 0 Å². The van der Waals surface area contributed by atoms with Crippen molar-refractivity contribution in [1.82, 2.24) is 5.32 Å². The van der Waals surface area contributed by atoms with Gasteiger partial charge in [0.15, 0.2) is 0 Å². The molecule has 0 spiro atoms. The Bertz CT molecular complexity index is 986. The van der Waals surface area contributed by atoms with Crippen molar-refractivity contribution in [2.24, 2.45) is 5.92 Å². The summed E-state index contributed by atoms with van der Waals surface area (Å²) in [6.07, 6.45) is 4.92. The average Bonchev–Trinajstić information content (AvgIpc) is 2.64. The zero-order chi connectivity index (χ0) is 24.1. The van der Waals surface area contributed by atoms with Crippen molar-refractivity contribution in [1.29, 1.82) is 0 Å². The molecule has 1 aromatic rings. The fourth-order valence-electron chi connectivity index (χ4n) is 3.11. The number of allylic oxidation sites excluding steroid dienone is 2. The zero-order valence-electron chi connectivity index (χ0n) is 19.7. The molecule has 10 heteroatoms. The lowest BCUT2D eigenvalue weighted by Gasteiger charge is -2.24. The number of anilines is 3. The molecule has 0 fully saturated rings. The Kier molecular flexibility index (Phi) is 8.55. The Morgan fingerprint density at radius 2 is 1.97 bits per heavy atom. The number of nitrogen functional groups attached to an aromatic ring is 1. The number of hydrogen-bond donors (Lipinski definition) is 4. The number of nitrogens with two attached hydrogens (primary N) is 1. The van der Waals surface area contributed by atoms with Crippen molar-refractivity contribution in [3.05, 3.63) is 42.1 Å². The van der Waals surface area contributed by atoms with Crippen LogP contribution >= 0.6 is 0 Å². The van der Waals surface area contributed by atoms with Crippen LogP contribution in [0.1, 0.15) is 34.6 Å². The highest BCUT2D eigenvalue weighted by molar-refractivity contribution is 7.93. The second kappa shape index (κ2) is 10.5. The molecule has 1 aromatic carbocycles. The van der Waals surface area contributed by atoms with Gasteiger partial charge in [0.05, 0.1) is 23.6 Å². The molecule has 2 rings (SSSR count). The van der Waals surface area contributed by atoms with E-state index in [1.165, 1.54) is 6.92 Å². The van der Waals surface area contributed by atoms with E-state index >= 15 is 0 Å². The van der Waals surface area contributed by atoms with Crippen LogP contribution in [-0.4, -0.2) is 41.8 Å². The summed E-state index contributed by atoms with van der Waals surface area (Å²) < 4.78 is 34.3. The fraction of sp³-hybridized carbons (Fsp3) is 0.500. The maximum atomic E-state index is 12.9. The van der Waals surface area contributed by atoms with E-state index in [4.69, 9.17) is 10.2 Å². The van der Waals surface area contributed by atoms with E-state index in [0.29, 0.717) is 30.2 Å². The van der Waals surface area contributed by atoms with Crippen molar-refractivity contribution < 1.29 is 17.6 Å². The second-order valence-corrected chi connectivity index (χ2v) is 13.8. The van der Waals surface area contributed by atoms with Crippen LogP contribution in [0.15, 0.2) is 42.1 Å². The Balaban J connectivity index is 1.96. The summed E-state index contributed by atoms with van der Waals surface area (Å²) >= 11 is 0. The molecule has 2 atom stereocenters. The van der Waals surface area contributed by atoms with Gasteiger partial charge in [-0.3, -0.25) is 9.52 Å². The number of nitrogens with one attached hydrogen (secondary N) is 3. The monoisotopic (exact) mass is 479 g/mol. The number of carbonyl (C=O) groups is 1. The highest BCUT2D eigenvalue weighted by Gasteiger charge is 2.38. The molecular formula is C22H35N4O4SSi+. The first-order chi connectivity index (χ1) is 14.8. The van der Waals surface area contributed by atoms with Crippen molar-refractivity contribution in [2.45, 2.75) is 51.5 Å². The summed E-state index contributed by atoms with van der Waals surface area (Å²) in [7, 11) is -4.60. The molecule has 0 saturated carbocycles. The molecule has 0 bridgehead atoms. The SMILES string of the molecule is CC(=O)NC1=CC(C)C(S(=O)(=O)Nc2ccc(NCCO[Si+](C)C(C)(C)C)c(N)c2)C=C1. The van der Waals surface area contributed by atoms with Gasteiger partial charge in [0.25, 0.3) is 0 Å². The number of benzene rings is 1. The minimum Gasteiger partial charge on any atom is -0.397 e. The predicted molar refractivity (Wildman–Crippen MR) is 133 cm³/mol. The fourth-order valence-corrected chi connectivity index (χ4v) is 5.47. The molecule has 1 aliphatic rings. The Morgan fingerprint density at radius 3 is 2.53 bits per heavy atom. The Morgan fingerprint density at radius 1 is 1.28 bits per heavy atom. The van der Waals surface area contributed by atoms with Crippen molar-refractivity contribution in [2.75, 3.05) is 28.9 Å². The summed E-state index contributed by atoms with van der Waals surface area (Å²) in [6, 6.07) is 5.03. The van der Waals surface area contributed by atoms with Gasteiger partial charge in [-0.25, -0.2) is 12.8 Å². The van der Waals surface area contributed by atoms with Crippen LogP contribution in [-0.2, 0) is 19.2 Å². The number of amides is 1. The lowest BCUT2D eigenvalue weighted by molar-refractivity contribution is -0.118. The van der Waals surface area contributed by atoms with Crippen LogP contribution in [0.25, 0.3) is 0 Å². The van der Waals surface area contributed by atoms with Gasteiger partial charge < -0.3 is 16.4 Å². The summed E-state index contributed by atoms with van der Waals surface area (Å²) in [4.78, 5) is 11.2. The molecular weight excluding hydrogens is 444 g/mol. The van der Waals surface area contributed by atoms with Gasteiger partial charge in [-0.05, 0) is 51.0 Å². The molecule has 0 saturated heterocycles. The van der Waals surface area contributed by atoms with E-state index in [1.54, 1.807) is 43.4 Å². The third kappa shape index (κ3) is 7.39. The van der Waals surface area contributed by atoms with Gasteiger partial charge in [0, 0.05) is 19.2 Å².